The first kappa shape index (κ1) is 12.3. The van der Waals surface area contributed by atoms with Gasteiger partial charge in [0.1, 0.15) is 11.6 Å². The number of fused-ring (bicyclic) bond motifs is 1. The zero-order valence-corrected chi connectivity index (χ0v) is 10.9. The number of halogens is 2. The molecule has 98 valence electrons. The smallest absolute Gasteiger partial charge is 0.143 e. The van der Waals surface area contributed by atoms with E-state index in [9.17, 15) is 9.50 Å². The lowest BCUT2D eigenvalue weighted by atomic mass is 10.1. The van der Waals surface area contributed by atoms with E-state index in [0.717, 1.165) is 24.0 Å². The van der Waals surface area contributed by atoms with E-state index in [1.54, 1.807) is 24.3 Å². The number of rotatable bonds is 2. The van der Waals surface area contributed by atoms with Gasteiger partial charge in [0, 0.05) is 5.69 Å². The zero-order chi connectivity index (χ0) is 13.4. The van der Waals surface area contributed by atoms with Gasteiger partial charge in [-0.1, -0.05) is 17.7 Å². The van der Waals surface area contributed by atoms with E-state index in [1.165, 1.54) is 6.07 Å². The van der Waals surface area contributed by atoms with E-state index in [-0.39, 0.29) is 16.8 Å². The first-order valence-corrected chi connectivity index (χ1v) is 6.54. The van der Waals surface area contributed by atoms with Crippen LogP contribution in [0.15, 0.2) is 36.4 Å². The van der Waals surface area contributed by atoms with Crippen LogP contribution in [0.1, 0.15) is 23.6 Å². The molecule has 19 heavy (non-hydrogen) atoms. The zero-order valence-electron chi connectivity index (χ0n) is 10.2. The molecule has 2 aromatic rings. The molecule has 0 aromatic heterocycles. The molecular weight excluding hydrogens is 265 g/mol. The molecule has 2 N–H and O–H groups in total. The average molecular weight is 278 g/mol. The van der Waals surface area contributed by atoms with Crippen molar-refractivity contribution in [2.24, 2.45) is 0 Å². The second-order valence-corrected chi connectivity index (χ2v) is 5.15. The lowest BCUT2D eigenvalue weighted by molar-refractivity contribution is 0.474. The first-order chi connectivity index (χ1) is 9.13. The van der Waals surface area contributed by atoms with Gasteiger partial charge in [0.2, 0.25) is 0 Å². The third kappa shape index (κ3) is 2.38. The Bertz CT molecular complexity index is 630. The Morgan fingerprint density at radius 3 is 2.84 bits per heavy atom. The summed E-state index contributed by atoms with van der Waals surface area (Å²) in [4.78, 5) is 0. The van der Waals surface area contributed by atoms with Crippen molar-refractivity contribution in [3.8, 4) is 5.75 Å². The summed E-state index contributed by atoms with van der Waals surface area (Å²) in [5.74, 6) is -0.132. The predicted octanol–water partition coefficient (Wildman–Crippen LogP) is 4.28. The predicted molar refractivity (Wildman–Crippen MR) is 74.2 cm³/mol. The number of anilines is 1. The fourth-order valence-electron chi connectivity index (χ4n) is 2.54. The van der Waals surface area contributed by atoms with Crippen LogP contribution in [0.2, 0.25) is 5.02 Å². The molecule has 0 fully saturated rings. The Labute approximate surface area is 115 Å². The van der Waals surface area contributed by atoms with Gasteiger partial charge in [0.05, 0.1) is 11.1 Å². The molecule has 0 saturated carbocycles. The van der Waals surface area contributed by atoms with E-state index < -0.39 is 5.82 Å². The maximum Gasteiger partial charge on any atom is 0.143 e. The highest BCUT2D eigenvalue weighted by Crippen LogP contribution is 2.35. The van der Waals surface area contributed by atoms with E-state index in [1.807, 2.05) is 6.07 Å². The third-order valence-corrected chi connectivity index (χ3v) is 3.77. The second-order valence-electron chi connectivity index (χ2n) is 4.75. The number of hydrogen-bond donors (Lipinski definition) is 2. The normalized spacial score (nSPS) is 17.3. The minimum atomic E-state index is -0.421. The van der Waals surface area contributed by atoms with Crippen LogP contribution in [0.3, 0.4) is 0 Å². The topological polar surface area (TPSA) is 32.3 Å². The highest BCUT2D eigenvalue weighted by Gasteiger charge is 2.22. The molecule has 0 heterocycles. The summed E-state index contributed by atoms with van der Waals surface area (Å²) in [5.41, 5.74) is 3.02. The SMILES string of the molecule is Oc1ccc2c(c1)CCC2Nc1ccc(Cl)c(F)c1. The van der Waals surface area contributed by atoms with Crippen molar-refractivity contribution in [3.05, 3.63) is 58.4 Å². The number of nitrogens with one attached hydrogen (secondary N) is 1. The maximum absolute atomic E-state index is 13.4. The second kappa shape index (κ2) is 4.74. The number of benzene rings is 2. The molecular formula is C15H13ClFNO. The van der Waals surface area contributed by atoms with Crippen molar-refractivity contribution in [2.45, 2.75) is 18.9 Å². The third-order valence-electron chi connectivity index (χ3n) is 3.46. The van der Waals surface area contributed by atoms with Crippen LogP contribution >= 0.6 is 11.6 Å². The summed E-state index contributed by atoms with van der Waals surface area (Å²) >= 11 is 5.67. The minimum absolute atomic E-state index is 0.127. The summed E-state index contributed by atoms with van der Waals surface area (Å²) in [6.07, 6.45) is 1.85. The summed E-state index contributed by atoms with van der Waals surface area (Å²) in [6, 6.07) is 10.3. The number of phenols is 1. The quantitative estimate of drug-likeness (QED) is 0.858. The van der Waals surface area contributed by atoms with E-state index in [4.69, 9.17) is 11.6 Å². The van der Waals surface area contributed by atoms with Crippen molar-refractivity contribution < 1.29 is 9.50 Å². The van der Waals surface area contributed by atoms with Crippen molar-refractivity contribution in [1.82, 2.24) is 0 Å². The van der Waals surface area contributed by atoms with Crippen molar-refractivity contribution in [2.75, 3.05) is 5.32 Å². The Kier molecular flexibility index (Phi) is 3.07. The Hall–Kier alpha value is -1.74. The van der Waals surface area contributed by atoms with E-state index >= 15 is 0 Å². The molecule has 1 aliphatic carbocycles. The van der Waals surface area contributed by atoms with Gasteiger partial charge in [-0.15, -0.1) is 0 Å². The average Bonchev–Trinajstić information content (AvgIpc) is 2.76. The fourth-order valence-corrected chi connectivity index (χ4v) is 2.66. The molecule has 0 aliphatic heterocycles. The van der Waals surface area contributed by atoms with Crippen LogP contribution in [0.4, 0.5) is 10.1 Å². The Morgan fingerprint density at radius 2 is 2.05 bits per heavy atom. The Balaban J connectivity index is 1.84. The largest absolute Gasteiger partial charge is 0.508 e. The molecule has 0 spiro atoms. The number of aryl methyl sites for hydroxylation is 1. The van der Waals surface area contributed by atoms with Crippen LogP contribution in [0, 0.1) is 5.82 Å². The van der Waals surface area contributed by atoms with Gasteiger partial charge in [-0.3, -0.25) is 0 Å². The van der Waals surface area contributed by atoms with E-state index in [0.29, 0.717) is 5.69 Å². The monoisotopic (exact) mass is 277 g/mol. The molecule has 0 amide bonds. The number of phenolic OH excluding ortho intramolecular Hbond substituents is 1. The fraction of sp³-hybridized carbons (Fsp3) is 0.200. The molecule has 2 nitrogen and oxygen atoms in total. The molecule has 1 aliphatic rings. The van der Waals surface area contributed by atoms with Gasteiger partial charge in [-0.05, 0) is 54.3 Å². The molecule has 0 radical (unpaired) electrons. The Morgan fingerprint density at radius 1 is 1.21 bits per heavy atom. The molecule has 4 heteroatoms. The van der Waals surface area contributed by atoms with Crippen molar-refractivity contribution in [1.29, 1.82) is 0 Å². The van der Waals surface area contributed by atoms with Crippen LogP contribution in [-0.4, -0.2) is 5.11 Å². The van der Waals surface area contributed by atoms with Crippen LogP contribution in [-0.2, 0) is 6.42 Å². The van der Waals surface area contributed by atoms with E-state index in [2.05, 4.69) is 5.32 Å². The van der Waals surface area contributed by atoms with Crippen LogP contribution < -0.4 is 5.32 Å². The highest BCUT2D eigenvalue weighted by molar-refractivity contribution is 6.30. The lowest BCUT2D eigenvalue weighted by Gasteiger charge is -2.16. The molecule has 1 unspecified atom stereocenters. The van der Waals surface area contributed by atoms with Gasteiger partial charge in [0.15, 0.2) is 0 Å². The highest BCUT2D eigenvalue weighted by atomic mass is 35.5. The van der Waals surface area contributed by atoms with Crippen LogP contribution in [0.25, 0.3) is 0 Å². The summed E-state index contributed by atoms with van der Waals surface area (Å²) in [6.45, 7) is 0. The standard InChI is InChI=1S/C15H13ClFNO/c16-13-5-2-10(8-14(13)17)18-15-6-1-9-7-11(19)3-4-12(9)15/h2-5,7-8,15,18-19H,1,6H2. The van der Waals surface area contributed by atoms with Gasteiger partial charge in [-0.25, -0.2) is 4.39 Å². The van der Waals surface area contributed by atoms with Gasteiger partial charge in [0.25, 0.3) is 0 Å². The van der Waals surface area contributed by atoms with Gasteiger partial charge >= 0.3 is 0 Å². The summed E-state index contributed by atoms with van der Waals surface area (Å²) in [5, 5.41) is 12.9. The van der Waals surface area contributed by atoms with Crippen molar-refractivity contribution in [3.63, 3.8) is 0 Å². The lowest BCUT2D eigenvalue weighted by Crippen LogP contribution is -2.07. The molecule has 3 rings (SSSR count). The van der Waals surface area contributed by atoms with Crippen molar-refractivity contribution >= 4 is 17.3 Å². The molecule has 2 aromatic carbocycles. The summed E-state index contributed by atoms with van der Waals surface area (Å²) in [7, 11) is 0. The van der Waals surface area contributed by atoms with Crippen LogP contribution in [0.5, 0.6) is 5.75 Å². The maximum atomic E-state index is 13.4. The molecule has 0 saturated heterocycles. The minimum Gasteiger partial charge on any atom is -0.508 e. The number of aromatic hydroxyl groups is 1. The van der Waals surface area contributed by atoms with Gasteiger partial charge in [-0.2, -0.15) is 0 Å². The molecule has 1 atom stereocenters. The summed E-state index contributed by atoms with van der Waals surface area (Å²) < 4.78 is 13.4. The molecule has 0 bridgehead atoms. The first-order valence-electron chi connectivity index (χ1n) is 6.17. The number of hydrogen-bond acceptors (Lipinski definition) is 2. The van der Waals surface area contributed by atoms with Gasteiger partial charge < -0.3 is 10.4 Å².